The molecular formula is C22H19ClN2O5S. The number of nitrogens with one attached hydrogen (secondary N) is 2. The Bertz CT molecular complexity index is 1150. The van der Waals surface area contributed by atoms with Gasteiger partial charge in [-0.05, 0) is 54.1 Å². The molecule has 3 aromatic carbocycles. The number of hydrogen-bond acceptors (Lipinski definition) is 5. The maximum Gasteiger partial charge on any atom is 0.325 e. The van der Waals surface area contributed by atoms with Crippen LogP contribution in [0.2, 0.25) is 5.02 Å². The van der Waals surface area contributed by atoms with E-state index in [0.29, 0.717) is 10.7 Å². The van der Waals surface area contributed by atoms with E-state index in [1.165, 1.54) is 24.3 Å². The lowest BCUT2D eigenvalue weighted by molar-refractivity contribution is -0.143. The van der Waals surface area contributed by atoms with Gasteiger partial charge in [0.2, 0.25) is 0 Å². The third-order valence-electron chi connectivity index (χ3n) is 4.16. The summed E-state index contributed by atoms with van der Waals surface area (Å²) in [4.78, 5) is 24.0. The second-order valence-electron chi connectivity index (χ2n) is 6.47. The highest BCUT2D eigenvalue weighted by Gasteiger charge is 2.16. The maximum atomic E-state index is 12.5. The summed E-state index contributed by atoms with van der Waals surface area (Å²) in [5.41, 5.74) is 1.41. The Hall–Kier alpha value is -3.36. The first-order chi connectivity index (χ1) is 14.8. The number of carbonyl (C=O) groups is 2. The Morgan fingerprint density at radius 1 is 0.871 bits per heavy atom. The molecule has 0 fully saturated rings. The van der Waals surface area contributed by atoms with E-state index in [1.54, 1.807) is 24.3 Å². The summed E-state index contributed by atoms with van der Waals surface area (Å²) in [5, 5.41) is 2.94. The first-order valence-corrected chi connectivity index (χ1v) is 11.1. The number of ether oxygens (including phenoxy) is 1. The van der Waals surface area contributed by atoms with Gasteiger partial charge in [-0.25, -0.2) is 8.42 Å². The molecule has 3 aromatic rings. The second-order valence-corrected chi connectivity index (χ2v) is 8.58. The number of esters is 1. The summed E-state index contributed by atoms with van der Waals surface area (Å²) in [6, 6.07) is 20.7. The molecule has 7 nitrogen and oxygen atoms in total. The molecule has 0 bridgehead atoms. The van der Waals surface area contributed by atoms with Gasteiger partial charge in [-0.2, -0.15) is 0 Å². The third kappa shape index (κ3) is 6.56. The first-order valence-electron chi connectivity index (χ1n) is 9.20. The van der Waals surface area contributed by atoms with E-state index in [4.69, 9.17) is 16.3 Å². The molecule has 0 aliphatic rings. The zero-order valence-corrected chi connectivity index (χ0v) is 17.8. The number of carbonyl (C=O) groups excluding carboxylic acids is 2. The molecule has 0 aliphatic heterocycles. The molecule has 0 saturated heterocycles. The zero-order chi connectivity index (χ0) is 22.3. The number of rotatable bonds is 8. The van der Waals surface area contributed by atoms with Crippen LogP contribution in [0.4, 0.5) is 5.69 Å². The zero-order valence-electron chi connectivity index (χ0n) is 16.2. The van der Waals surface area contributed by atoms with Crippen LogP contribution in [0.1, 0.15) is 15.9 Å². The van der Waals surface area contributed by atoms with Crippen molar-refractivity contribution in [2.75, 3.05) is 11.3 Å². The normalized spacial score (nSPS) is 10.9. The van der Waals surface area contributed by atoms with Crippen molar-refractivity contribution in [1.82, 2.24) is 5.32 Å². The van der Waals surface area contributed by atoms with Gasteiger partial charge in [0.05, 0.1) is 4.90 Å². The molecule has 2 N–H and O–H groups in total. The minimum atomic E-state index is -3.83. The van der Waals surface area contributed by atoms with Crippen molar-refractivity contribution >= 4 is 39.2 Å². The van der Waals surface area contributed by atoms with Gasteiger partial charge in [0, 0.05) is 16.3 Å². The van der Waals surface area contributed by atoms with Crippen LogP contribution < -0.4 is 10.0 Å². The maximum absolute atomic E-state index is 12.5. The van der Waals surface area contributed by atoms with E-state index in [2.05, 4.69) is 10.0 Å². The Kier molecular flexibility index (Phi) is 7.28. The number of halogens is 1. The topological polar surface area (TPSA) is 102 Å². The van der Waals surface area contributed by atoms with Crippen molar-refractivity contribution in [3.8, 4) is 0 Å². The SMILES string of the molecule is O=C(CNC(=O)c1ccc(S(=O)(=O)Nc2ccc(Cl)cc2)cc1)OCc1ccccc1. The summed E-state index contributed by atoms with van der Waals surface area (Å²) in [5.74, 6) is -1.10. The number of benzene rings is 3. The molecule has 3 rings (SSSR count). The van der Waals surface area contributed by atoms with E-state index in [9.17, 15) is 18.0 Å². The van der Waals surface area contributed by atoms with Gasteiger partial charge in [0.25, 0.3) is 15.9 Å². The van der Waals surface area contributed by atoms with Gasteiger partial charge in [-0.3, -0.25) is 14.3 Å². The molecule has 0 atom stereocenters. The molecule has 160 valence electrons. The predicted octanol–water partition coefficient (Wildman–Crippen LogP) is 3.61. The Morgan fingerprint density at radius 2 is 1.52 bits per heavy atom. The van der Waals surface area contributed by atoms with Gasteiger partial charge in [0.15, 0.2) is 0 Å². The van der Waals surface area contributed by atoms with E-state index in [-0.39, 0.29) is 23.6 Å². The molecular weight excluding hydrogens is 440 g/mol. The largest absolute Gasteiger partial charge is 0.460 e. The monoisotopic (exact) mass is 458 g/mol. The molecule has 0 unspecified atom stereocenters. The van der Waals surface area contributed by atoms with Gasteiger partial charge < -0.3 is 10.1 Å². The minimum Gasteiger partial charge on any atom is -0.460 e. The van der Waals surface area contributed by atoms with Crippen molar-refractivity contribution in [2.45, 2.75) is 11.5 Å². The summed E-state index contributed by atoms with van der Waals surface area (Å²) in [7, 11) is -3.83. The molecule has 0 spiro atoms. The van der Waals surface area contributed by atoms with Crippen LogP contribution in [-0.4, -0.2) is 26.8 Å². The van der Waals surface area contributed by atoms with Crippen molar-refractivity contribution in [3.05, 3.63) is 95.0 Å². The van der Waals surface area contributed by atoms with Gasteiger partial charge >= 0.3 is 5.97 Å². The standard InChI is InChI=1S/C22H19ClN2O5S/c23-18-8-10-19(11-9-18)25-31(28,29)20-12-6-17(7-13-20)22(27)24-14-21(26)30-15-16-4-2-1-3-5-16/h1-13,25H,14-15H2,(H,24,27). The van der Waals surface area contributed by atoms with E-state index >= 15 is 0 Å². The van der Waals surface area contributed by atoms with Crippen LogP contribution in [0.25, 0.3) is 0 Å². The average molecular weight is 459 g/mol. The van der Waals surface area contributed by atoms with Gasteiger partial charge in [-0.1, -0.05) is 41.9 Å². The van der Waals surface area contributed by atoms with Crippen LogP contribution in [0.3, 0.4) is 0 Å². The summed E-state index contributed by atoms with van der Waals surface area (Å²) in [6.45, 7) is -0.188. The molecule has 0 heterocycles. The number of amides is 1. The lowest BCUT2D eigenvalue weighted by atomic mass is 10.2. The number of anilines is 1. The van der Waals surface area contributed by atoms with Crippen molar-refractivity contribution in [1.29, 1.82) is 0 Å². The van der Waals surface area contributed by atoms with Crippen molar-refractivity contribution in [3.63, 3.8) is 0 Å². The summed E-state index contributed by atoms with van der Waals surface area (Å²) in [6.07, 6.45) is 0. The quantitative estimate of drug-likeness (QED) is 0.502. The average Bonchev–Trinajstić information content (AvgIpc) is 2.78. The fraction of sp³-hybridized carbons (Fsp3) is 0.0909. The second kappa shape index (κ2) is 10.1. The highest BCUT2D eigenvalue weighted by atomic mass is 35.5. The fourth-order valence-electron chi connectivity index (χ4n) is 2.56. The number of sulfonamides is 1. The van der Waals surface area contributed by atoms with Crippen LogP contribution in [0, 0.1) is 0 Å². The lowest BCUT2D eigenvalue weighted by Gasteiger charge is -2.09. The predicted molar refractivity (Wildman–Crippen MR) is 117 cm³/mol. The minimum absolute atomic E-state index is 0.0127. The van der Waals surface area contributed by atoms with E-state index in [0.717, 1.165) is 5.56 Å². The van der Waals surface area contributed by atoms with Gasteiger partial charge in [0.1, 0.15) is 13.2 Å². The molecule has 0 aromatic heterocycles. The lowest BCUT2D eigenvalue weighted by Crippen LogP contribution is -2.30. The van der Waals surface area contributed by atoms with Crippen LogP contribution >= 0.6 is 11.6 Å². The molecule has 0 radical (unpaired) electrons. The highest BCUT2D eigenvalue weighted by Crippen LogP contribution is 2.18. The molecule has 1 amide bonds. The Labute approximate surface area is 185 Å². The molecule has 9 heteroatoms. The Balaban J connectivity index is 1.53. The molecule has 0 aliphatic carbocycles. The molecule has 0 saturated carbocycles. The van der Waals surface area contributed by atoms with Crippen LogP contribution in [0.15, 0.2) is 83.8 Å². The fourth-order valence-corrected chi connectivity index (χ4v) is 3.75. The van der Waals surface area contributed by atoms with E-state index < -0.39 is 21.9 Å². The van der Waals surface area contributed by atoms with Crippen LogP contribution in [-0.2, 0) is 26.2 Å². The van der Waals surface area contributed by atoms with Gasteiger partial charge in [-0.15, -0.1) is 0 Å². The van der Waals surface area contributed by atoms with Crippen molar-refractivity contribution < 1.29 is 22.7 Å². The first kappa shape index (κ1) is 22.3. The van der Waals surface area contributed by atoms with Crippen LogP contribution in [0.5, 0.6) is 0 Å². The highest BCUT2D eigenvalue weighted by molar-refractivity contribution is 7.92. The van der Waals surface area contributed by atoms with Crippen molar-refractivity contribution in [2.24, 2.45) is 0 Å². The summed E-state index contributed by atoms with van der Waals surface area (Å²) >= 11 is 5.79. The Morgan fingerprint density at radius 3 is 2.16 bits per heavy atom. The third-order valence-corrected chi connectivity index (χ3v) is 5.81. The molecule has 31 heavy (non-hydrogen) atoms. The number of hydrogen-bond donors (Lipinski definition) is 2. The smallest absolute Gasteiger partial charge is 0.325 e. The summed E-state index contributed by atoms with van der Waals surface area (Å²) < 4.78 is 32.5. The van der Waals surface area contributed by atoms with E-state index in [1.807, 2.05) is 30.3 Å².